The number of hydrogen-bond acceptors (Lipinski definition) is 5. The van der Waals surface area contributed by atoms with Gasteiger partial charge in [-0.25, -0.2) is 0 Å². The fraction of sp³-hybridized carbons (Fsp3) is 0.120. The molecule has 0 atom stereocenters. The first-order chi connectivity index (χ1) is 16.0. The van der Waals surface area contributed by atoms with Gasteiger partial charge in [-0.15, -0.1) is 0 Å². The zero-order valence-electron chi connectivity index (χ0n) is 18.0. The lowest BCUT2D eigenvalue weighted by atomic mass is 10.1. The van der Waals surface area contributed by atoms with Crippen LogP contribution in [0.15, 0.2) is 70.5 Å². The van der Waals surface area contributed by atoms with E-state index in [-0.39, 0.29) is 11.8 Å². The van der Waals surface area contributed by atoms with Crippen molar-refractivity contribution in [2.45, 2.75) is 11.4 Å². The third-order valence-electron chi connectivity index (χ3n) is 5.01. The molecule has 3 aromatic rings. The molecule has 0 radical (unpaired) electrons. The van der Waals surface area contributed by atoms with Crippen LogP contribution in [0.2, 0.25) is 5.02 Å². The van der Waals surface area contributed by atoms with Gasteiger partial charge in [-0.05, 0) is 59.7 Å². The van der Waals surface area contributed by atoms with Crippen LogP contribution in [0.5, 0.6) is 11.5 Å². The predicted molar refractivity (Wildman–Crippen MR) is 131 cm³/mol. The second-order valence-corrected chi connectivity index (χ2v) is 8.72. The van der Waals surface area contributed by atoms with E-state index in [9.17, 15) is 9.59 Å². The molecule has 1 heterocycles. The summed E-state index contributed by atoms with van der Waals surface area (Å²) in [6, 6.07) is 18.0. The molecule has 0 saturated carbocycles. The van der Waals surface area contributed by atoms with Crippen LogP contribution < -0.4 is 20.1 Å². The van der Waals surface area contributed by atoms with Crippen molar-refractivity contribution < 1.29 is 19.1 Å². The Morgan fingerprint density at radius 1 is 1.03 bits per heavy atom. The number of nitrogens with one attached hydrogen (secondary N) is 2. The smallest absolute Gasteiger partial charge is 0.262 e. The van der Waals surface area contributed by atoms with E-state index in [4.69, 9.17) is 21.1 Å². The monoisotopic (exact) mass is 480 g/mol. The van der Waals surface area contributed by atoms with Gasteiger partial charge in [0.15, 0.2) is 11.5 Å². The lowest BCUT2D eigenvalue weighted by Gasteiger charge is -2.19. The van der Waals surface area contributed by atoms with E-state index in [1.165, 1.54) is 11.8 Å². The summed E-state index contributed by atoms with van der Waals surface area (Å²) < 4.78 is 10.6. The molecule has 4 rings (SSSR count). The number of carbonyl (C=O) groups excluding carboxylic acids is 2. The van der Waals surface area contributed by atoms with Crippen molar-refractivity contribution in [3.63, 3.8) is 0 Å². The van der Waals surface area contributed by atoms with Crippen LogP contribution in [-0.2, 0) is 11.3 Å². The quantitative estimate of drug-likeness (QED) is 0.464. The van der Waals surface area contributed by atoms with E-state index in [0.29, 0.717) is 39.2 Å². The SMILES string of the molecule is COc1ccc(/C=C2/Sc3ccc(C(=O)NCc4ccc(Cl)cc4)cc3NC2=O)cc1OC. The average Bonchev–Trinajstić information content (AvgIpc) is 2.83. The number of halogens is 1. The largest absolute Gasteiger partial charge is 0.493 e. The molecule has 3 aromatic carbocycles. The van der Waals surface area contributed by atoms with Gasteiger partial charge in [0.25, 0.3) is 11.8 Å². The molecule has 0 aromatic heterocycles. The lowest BCUT2D eigenvalue weighted by molar-refractivity contribution is -0.112. The van der Waals surface area contributed by atoms with Gasteiger partial charge in [0.1, 0.15) is 0 Å². The normalized spacial score (nSPS) is 13.8. The summed E-state index contributed by atoms with van der Waals surface area (Å²) in [7, 11) is 3.14. The van der Waals surface area contributed by atoms with Gasteiger partial charge in [-0.1, -0.05) is 41.6 Å². The Balaban J connectivity index is 1.48. The summed E-state index contributed by atoms with van der Waals surface area (Å²) in [4.78, 5) is 26.7. The van der Waals surface area contributed by atoms with Crippen LogP contribution in [0.3, 0.4) is 0 Å². The Morgan fingerprint density at radius 2 is 1.79 bits per heavy atom. The minimum absolute atomic E-state index is 0.223. The van der Waals surface area contributed by atoms with Crippen LogP contribution in [0.4, 0.5) is 5.69 Å². The molecule has 0 saturated heterocycles. The summed E-state index contributed by atoms with van der Waals surface area (Å²) in [5, 5.41) is 6.40. The molecule has 8 heteroatoms. The molecule has 0 aliphatic carbocycles. The van der Waals surface area contributed by atoms with Gasteiger partial charge in [0, 0.05) is 22.0 Å². The van der Waals surface area contributed by atoms with Gasteiger partial charge >= 0.3 is 0 Å². The summed E-state index contributed by atoms with van der Waals surface area (Å²) in [5.41, 5.74) is 2.83. The Hall–Kier alpha value is -3.42. The fourth-order valence-corrected chi connectivity index (χ4v) is 4.34. The molecule has 0 spiro atoms. The minimum atomic E-state index is -0.235. The van der Waals surface area contributed by atoms with Crippen molar-refractivity contribution in [2.75, 3.05) is 19.5 Å². The highest BCUT2D eigenvalue weighted by molar-refractivity contribution is 8.04. The first kappa shape index (κ1) is 22.8. The van der Waals surface area contributed by atoms with E-state index >= 15 is 0 Å². The zero-order valence-corrected chi connectivity index (χ0v) is 19.5. The first-order valence-electron chi connectivity index (χ1n) is 10.1. The molecule has 168 valence electrons. The molecule has 0 unspecified atom stereocenters. The highest BCUT2D eigenvalue weighted by Gasteiger charge is 2.22. The number of fused-ring (bicyclic) bond motifs is 1. The second kappa shape index (κ2) is 10.0. The number of amides is 2. The van der Waals surface area contributed by atoms with E-state index in [1.54, 1.807) is 50.6 Å². The van der Waals surface area contributed by atoms with E-state index in [2.05, 4.69) is 10.6 Å². The number of rotatable bonds is 6. The highest BCUT2D eigenvalue weighted by Crippen LogP contribution is 2.40. The third kappa shape index (κ3) is 5.32. The van der Waals surface area contributed by atoms with Crippen LogP contribution in [0.25, 0.3) is 6.08 Å². The van der Waals surface area contributed by atoms with Crippen molar-refractivity contribution in [2.24, 2.45) is 0 Å². The van der Waals surface area contributed by atoms with Gasteiger partial charge in [0.05, 0.1) is 24.8 Å². The zero-order chi connectivity index (χ0) is 23.4. The fourth-order valence-electron chi connectivity index (χ4n) is 3.28. The van der Waals surface area contributed by atoms with E-state index in [0.717, 1.165) is 16.0 Å². The number of ether oxygens (including phenoxy) is 2. The maximum absolute atomic E-state index is 12.7. The molecule has 0 fully saturated rings. The molecule has 2 N–H and O–H groups in total. The molecular formula is C25H21ClN2O4S. The summed E-state index contributed by atoms with van der Waals surface area (Å²) in [5.74, 6) is 0.745. The maximum atomic E-state index is 12.7. The maximum Gasteiger partial charge on any atom is 0.262 e. The van der Waals surface area contributed by atoms with Gasteiger partial charge < -0.3 is 20.1 Å². The van der Waals surface area contributed by atoms with Crippen molar-refractivity contribution in [1.82, 2.24) is 5.32 Å². The summed E-state index contributed by atoms with van der Waals surface area (Å²) in [6.45, 7) is 0.381. The van der Waals surface area contributed by atoms with E-state index < -0.39 is 0 Å². The Kier molecular flexibility index (Phi) is 6.91. The first-order valence-corrected chi connectivity index (χ1v) is 11.3. The van der Waals surface area contributed by atoms with Crippen molar-refractivity contribution in [1.29, 1.82) is 0 Å². The second-order valence-electron chi connectivity index (χ2n) is 7.20. The van der Waals surface area contributed by atoms with Crippen molar-refractivity contribution in [3.8, 4) is 11.5 Å². The van der Waals surface area contributed by atoms with Crippen LogP contribution in [0, 0.1) is 0 Å². The summed E-state index contributed by atoms with van der Waals surface area (Å²) in [6.07, 6.45) is 1.79. The Labute approximate surface area is 200 Å². The molecule has 33 heavy (non-hydrogen) atoms. The number of anilines is 1. The number of benzene rings is 3. The molecule has 1 aliphatic rings. The molecular weight excluding hydrogens is 460 g/mol. The highest BCUT2D eigenvalue weighted by atomic mass is 35.5. The number of hydrogen-bond donors (Lipinski definition) is 2. The van der Waals surface area contributed by atoms with Gasteiger partial charge in [-0.2, -0.15) is 0 Å². The van der Waals surface area contributed by atoms with Crippen LogP contribution >= 0.6 is 23.4 Å². The number of carbonyl (C=O) groups is 2. The lowest BCUT2D eigenvalue weighted by Crippen LogP contribution is -2.23. The Morgan fingerprint density at radius 3 is 2.52 bits per heavy atom. The third-order valence-corrected chi connectivity index (χ3v) is 6.36. The molecule has 1 aliphatic heterocycles. The van der Waals surface area contributed by atoms with Crippen LogP contribution in [-0.4, -0.2) is 26.0 Å². The van der Waals surface area contributed by atoms with Crippen molar-refractivity contribution in [3.05, 3.63) is 87.3 Å². The minimum Gasteiger partial charge on any atom is -0.493 e. The topological polar surface area (TPSA) is 76.7 Å². The van der Waals surface area contributed by atoms with Gasteiger partial charge in [0.2, 0.25) is 0 Å². The number of methoxy groups -OCH3 is 2. The van der Waals surface area contributed by atoms with E-state index in [1.807, 2.05) is 30.3 Å². The Bertz CT molecular complexity index is 1240. The molecule has 0 bridgehead atoms. The molecule has 6 nitrogen and oxygen atoms in total. The standard InChI is InChI=1S/C25H21ClN2O4S/c1-31-20-9-5-16(11-21(20)32-2)12-23-25(30)28-19-13-17(6-10-22(19)33-23)24(29)27-14-15-3-7-18(26)8-4-15/h3-13H,14H2,1-2H3,(H,27,29)(H,28,30)/b23-12+. The molecule has 2 amide bonds. The van der Waals surface area contributed by atoms with Crippen molar-refractivity contribution >= 4 is 46.9 Å². The predicted octanol–water partition coefficient (Wildman–Crippen LogP) is 5.37. The summed E-state index contributed by atoms with van der Waals surface area (Å²) >= 11 is 7.24. The van der Waals surface area contributed by atoms with Gasteiger partial charge in [-0.3, -0.25) is 9.59 Å². The number of thioether (sulfide) groups is 1. The van der Waals surface area contributed by atoms with Crippen LogP contribution in [0.1, 0.15) is 21.5 Å². The average molecular weight is 481 g/mol.